The fraction of sp³-hybridized carbons (Fsp3) is 0. The topological polar surface area (TPSA) is 52.5 Å². The van der Waals surface area contributed by atoms with Crippen molar-refractivity contribution in [2.24, 2.45) is 0 Å². The van der Waals surface area contributed by atoms with Crippen molar-refractivity contribution in [1.82, 2.24) is 9.97 Å². The Kier molecular flexibility index (Phi) is 2.52. The number of hydrogen-bond acceptors (Lipinski definition) is 2. The SMILES string of the molecule is N#Cc1nc2c(Br)c(Cl)c(Br)cc2[nH]1. The van der Waals surface area contributed by atoms with Gasteiger partial charge < -0.3 is 4.98 Å². The summed E-state index contributed by atoms with van der Waals surface area (Å²) in [5.74, 6) is 0.273. The summed E-state index contributed by atoms with van der Waals surface area (Å²) in [6, 6.07) is 3.72. The van der Waals surface area contributed by atoms with Gasteiger partial charge in [0.05, 0.1) is 15.0 Å². The van der Waals surface area contributed by atoms with E-state index in [-0.39, 0.29) is 5.82 Å². The second-order valence-corrected chi connectivity index (χ2v) is 4.61. The lowest BCUT2D eigenvalue weighted by Gasteiger charge is -1.98. The van der Waals surface area contributed by atoms with Gasteiger partial charge >= 0.3 is 0 Å². The first-order valence-electron chi connectivity index (χ1n) is 3.57. The number of nitriles is 1. The molecule has 0 fully saturated rings. The van der Waals surface area contributed by atoms with Crippen LogP contribution in [0.2, 0.25) is 5.02 Å². The van der Waals surface area contributed by atoms with E-state index in [1.165, 1.54) is 0 Å². The average molecular weight is 335 g/mol. The van der Waals surface area contributed by atoms with Crippen LogP contribution < -0.4 is 0 Å². The highest BCUT2D eigenvalue weighted by Gasteiger charge is 2.11. The lowest BCUT2D eigenvalue weighted by Crippen LogP contribution is -1.76. The lowest BCUT2D eigenvalue weighted by atomic mass is 10.3. The first-order chi connectivity index (χ1) is 6.63. The van der Waals surface area contributed by atoms with Crippen LogP contribution in [0.15, 0.2) is 15.0 Å². The highest BCUT2D eigenvalue weighted by atomic mass is 79.9. The zero-order valence-electron chi connectivity index (χ0n) is 6.61. The van der Waals surface area contributed by atoms with Gasteiger partial charge in [-0.25, -0.2) is 4.98 Å². The summed E-state index contributed by atoms with van der Waals surface area (Å²) in [4.78, 5) is 6.93. The minimum absolute atomic E-state index is 0.273. The Balaban J connectivity index is 2.89. The van der Waals surface area contributed by atoms with E-state index in [4.69, 9.17) is 16.9 Å². The van der Waals surface area contributed by atoms with Gasteiger partial charge in [-0.1, -0.05) is 11.6 Å². The maximum absolute atomic E-state index is 8.66. The Labute approximate surface area is 101 Å². The smallest absolute Gasteiger partial charge is 0.211 e. The number of hydrogen-bond donors (Lipinski definition) is 1. The lowest BCUT2D eigenvalue weighted by molar-refractivity contribution is 1.25. The van der Waals surface area contributed by atoms with E-state index >= 15 is 0 Å². The molecule has 70 valence electrons. The average Bonchev–Trinajstić information content (AvgIpc) is 2.57. The molecule has 6 heteroatoms. The molecule has 1 aromatic heterocycles. The van der Waals surface area contributed by atoms with Gasteiger partial charge in [0.25, 0.3) is 0 Å². The van der Waals surface area contributed by atoms with Gasteiger partial charge in [-0.05, 0) is 37.9 Å². The molecule has 0 bridgehead atoms. The third-order valence-corrected chi connectivity index (χ3v) is 3.97. The predicted molar refractivity (Wildman–Crippen MR) is 61.2 cm³/mol. The summed E-state index contributed by atoms with van der Waals surface area (Å²) in [7, 11) is 0. The van der Waals surface area contributed by atoms with Crippen molar-refractivity contribution in [3.63, 3.8) is 0 Å². The van der Waals surface area contributed by atoms with Gasteiger partial charge in [0.2, 0.25) is 5.82 Å². The van der Waals surface area contributed by atoms with Crippen molar-refractivity contribution in [1.29, 1.82) is 5.26 Å². The van der Waals surface area contributed by atoms with Crippen molar-refractivity contribution in [3.05, 3.63) is 25.9 Å². The maximum Gasteiger partial charge on any atom is 0.211 e. The van der Waals surface area contributed by atoms with Crippen molar-refractivity contribution in [2.45, 2.75) is 0 Å². The van der Waals surface area contributed by atoms with Crippen LogP contribution in [0.5, 0.6) is 0 Å². The molecule has 14 heavy (non-hydrogen) atoms. The fourth-order valence-electron chi connectivity index (χ4n) is 1.11. The number of aromatic nitrogens is 2. The highest BCUT2D eigenvalue weighted by Crippen LogP contribution is 2.35. The number of aromatic amines is 1. The van der Waals surface area contributed by atoms with Crippen LogP contribution >= 0.6 is 43.5 Å². The number of nitrogens with one attached hydrogen (secondary N) is 1. The van der Waals surface area contributed by atoms with Crippen LogP contribution in [0.3, 0.4) is 0 Å². The number of nitrogens with zero attached hydrogens (tertiary/aromatic N) is 2. The van der Waals surface area contributed by atoms with Crippen LogP contribution in [-0.2, 0) is 0 Å². The molecule has 0 aliphatic rings. The van der Waals surface area contributed by atoms with Crippen molar-refractivity contribution < 1.29 is 0 Å². The summed E-state index contributed by atoms with van der Waals surface area (Å²) in [5.41, 5.74) is 1.43. The highest BCUT2D eigenvalue weighted by molar-refractivity contribution is 9.11. The van der Waals surface area contributed by atoms with E-state index < -0.39 is 0 Å². The molecule has 0 saturated heterocycles. The van der Waals surface area contributed by atoms with Crippen molar-refractivity contribution in [3.8, 4) is 6.07 Å². The van der Waals surface area contributed by atoms with Gasteiger partial charge in [0.15, 0.2) is 0 Å². The molecule has 0 atom stereocenters. The van der Waals surface area contributed by atoms with Crippen LogP contribution in [0.4, 0.5) is 0 Å². The van der Waals surface area contributed by atoms with E-state index in [9.17, 15) is 0 Å². The molecule has 0 aliphatic heterocycles. The summed E-state index contributed by atoms with van der Waals surface area (Å²) < 4.78 is 1.44. The number of fused-ring (bicyclic) bond motifs is 1. The zero-order valence-corrected chi connectivity index (χ0v) is 10.5. The molecular weight excluding hydrogens is 333 g/mol. The van der Waals surface area contributed by atoms with Gasteiger partial charge in [0.1, 0.15) is 11.6 Å². The second kappa shape index (κ2) is 3.54. The maximum atomic E-state index is 8.66. The zero-order chi connectivity index (χ0) is 10.3. The molecule has 3 nitrogen and oxygen atoms in total. The number of benzene rings is 1. The van der Waals surface area contributed by atoms with E-state index in [1.54, 1.807) is 6.07 Å². The van der Waals surface area contributed by atoms with Gasteiger partial charge in [-0.15, -0.1) is 0 Å². The molecule has 0 aliphatic carbocycles. The first kappa shape index (κ1) is 9.97. The third-order valence-electron chi connectivity index (χ3n) is 1.72. The molecule has 0 saturated carbocycles. The van der Waals surface area contributed by atoms with E-state index in [1.807, 2.05) is 6.07 Å². The van der Waals surface area contributed by atoms with Crippen LogP contribution in [-0.4, -0.2) is 9.97 Å². The molecule has 1 aromatic carbocycles. The summed E-state index contributed by atoms with van der Waals surface area (Å²) in [6.45, 7) is 0. The van der Waals surface area contributed by atoms with Crippen LogP contribution in [0.25, 0.3) is 11.0 Å². The molecule has 1 N–H and O–H groups in total. The fourth-order valence-corrected chi connectivity index (χ4v) is 2.46. The van der Waals surface area contributed by atoms with E-state index in [0.717, 1.165) is 9.99 Å². The van der Waals surface area contributed by atoms with Gasteiger partial charge in [-0.2, -0.15) is 5.26 Å². The molecule has 0 spiro atoms. The predicted octanol–water partition coefficient (Wildman–Crippen LogP) is 3.61. The number of halogens is 3. The molecule has 0 amide bonds. The van der Waals surface area contributed by atoms with Crippen LogP contribution in [0, 0.1) is 11.3 Å². The third kappa shape index (κ3) is 1.44. The molecule has 2 rings (SSSR count). The normalized spacial score (nSPS) is 10.4. The largest absolute Gasteiger partial charge is 0.329 e. The van der Waals surface area contributed by atoms with E-state index in [2.05, 4.69) is 41.8 Å². The monoisotopic (exact) mass is 333 g/mol. The van der Waals surface area contributed by atoms with E-state index in [0.29, 0.717) is 15.0 Å². The van der Waals surface area contributed by atoms with Gasteiger partial charge in [-0.3, -0.25) is 0 Å². The molecule has 2 aromatic rings. The minimum Gasteiger partial charge on any atom is -0.329 e. The Morgan fingerprint density at radius 2 is 2.21 bits per heavy atom. The van der Waals surface area contributed by atoms with Crippen molar-refractivity contribution in [2.75, 3.05) is 0 Å². The molecule has 0 radical (unpaired) electrons. The van der Waals surface area contributed by atoms with Crippen LogP contribution in [0.1, 0.15) is 5.82 Å². The summed E-state index contributed by atoms with van der Waals surface area (Å²) >= 11 is 12.6. The molecular formula is C8H2Br2ClN3. The Hall–Kier alpha value is -0.570. The van der Waals surface area contributed by atoms with Gasteiger partial charge in [0, 0.05) is 4.47 Å². The second-order valence-electron chi connectivity index (χ2n) is 2.58. The molecule has 1 heterocycles. The standard InChI is InChI=1S/C8H2Br2ClN3/c9-3-1-4-8(6(10)7(3)11)14-5(2-12)13-4/h1H,(H,13,14). The number of H-pyrrole nitrogens is 1. The first-order valence-corrected chi connectivity index (χ1v) is 5.53. The quantitative estimate of drug-likeness (QED) is 0.748. The Morgan fingerprint density at radius 1 is 1.50 bits per heavy atom. The molecule has 0 unspecified atom stereocenters. The summed E-state index contributed by atoms with van der Waals surface area (Å²) in [6.07, 6.45) is 0. The Bertz CT molecular complexity index is 556. The number of rotatable bonds is 0. The Morgan fingerprint density at radius 3 is 2.86 bits per heavy atom. The summed E-state index contributed by atoms with van der Waals surface area (Å²) in [5, 5.41) is 9.21. The number of imidazole rings is 1. The minimum atomic E-state index is 0.273. The van der Waals surface area contributed by atoms with Crippen molar-refractivity contribution >= 4 is 54.5 Å².